The van der Waals surface area contributed by atoms with Crippen molar-refractivity contribution in [1.29, 1.82) is 0 Å². The Morgan fingerprint density at radius 2 is 2.03 bits per heavy atom. The van der Waals surface area contributed by atoms with Gasteiger partial charge in [-0.05, 0) is 31.5 Å². The predicted octanol–water partition coefficient (Wildman–Crippen LogP) is 3.53. The number of nitrogens with one attached hydrogen (secondary N) is 2. The molecule has 0 fully saturated rings. The highest BCUT2D eigenvalue weighted by Gasteiger charge is 2.20. The lowest BCUT2D eigenvalue weighted by Crippen LogP contribution is -2.30. The predicted molar refractivity (Wildman–Crippen MR) is 128 cm³/mol. The first-order valence-corrected chi connectivity index (χ1v) is 11.3. The molecule has 4 rings (SSSR count). The van der Waals surface area contributed by atoms with E-state index in [0.29, 0.717) is 33.9 Å². The molecule has 3 aromatic heterocycles. The number of fused-ring (bicyclic) bond motifs is 1. The number of rotatable bonds is 6. The summed E-state index contributed by atoms with van der Waals surface area (Å²) in [5, 5.41) is 9.80. The van der Waals surface area contributed by atoms with Crippen LogP contribution in [0.5, 0.6) is 5.75 Å². The highest BCUT2D eigenvalue weighted by atomic mass is 32.1. The number of aromatic nitrogens is 5. The van der Waals surface area contributed by atoms with E-state index in [4.69, 9.17) is 4.74 Å². The van der Waals surface area contributed by atoms with E-state index in [1.807, 2.05) is 13.8 Å². The molecule has 4 aromatic rings. The molecule has 11 nitrogen and oxygen atoms in total. The number of hydrogen-bond acceptors (Lipinski definition) is 8. The van der Waals surface area contributed by atoms with Gasteiger partial charge < -0.3 is 15.0 Å². The fraction of sp³-hybridized carbons (Fsp3) is 0.273. The maximum Gasteiger partial charge on any atom is 0.415 e. The third-order valence-electron chi connectivity index (χ3n) is 4.97. The maximum absolute atomic E-state index is 13.2. The molecule has 2 N–H and O–H groups in total. The zero-order chi connectivity index (χ0) is 25.1. The summed E-state index contributed by atoms with van der Waals surface area (Å²) in [5.41, 5.74) is 3.36. The molecular weight excluding hydrogens is 475 g/mol. The molecule has 0 spiro atoms. The number of ether oxygens (including phenoxy) is 1. The van der Waals surface area contributed by atoms with Gasteiger partial charge >= 0.3 is 12.1 Å². The lowest BCUT2D eigenvalue weighted by molar-refractivity contribution is 0.160. The zero-order valence-electron chi connectivity index (χ0n) is 19.5. The van der Waals surface area contributed by atoms with E-state index in [9.17, 15) is 14.0 Å². The fourth-order valence-corrected chi connectivity index (χ4v) is 3.96. The van der Waals surface area contributed by atoms with Gasteiger partial charge in [0.25, 0.3) is 0 Å². The second-order valence-electron chi connectivity index (χ2n) is 7.85. The van der Waals surface area contributed by atoms with E-state index in [-0.39, 0.29) is 24.0 Å². The van der Waals surface area contributed by atoms with Gasteiger partial charge in [0.2, 0.25) is 5.13 Å². The van der Waals surface area contributed by atoms with Crippen molar-refractivity contribution >= 4 is 39.8 Å². The van der Waals surface area contributed by atoms with Gasteiger partial charge in [0.1, 0.15) is 16.9 Å². The summed E-state index contributed by atoms with van der Waals surface area (Å²) in [6.07, 6.45) is -0.604. The number of hydrogen-bond donors (Lipinski definition) is 2. The molecule has 0 unspecified atom stereocenters. The quantitative estimate of drug-likeness (QED) is 0.416. The highest BCUT2D eigenvalue weighted by Crippen LogP contribution is 2.27. The minimum atomic E-state index is -0.604. The molecule has 0 radical (unpaired) electrons. The Morgan fingerprint density at radius 1 is 1.23 bits per heavy atom. The van der Waals surface area contributed by atoms with E-state index < -0.39 is 12.1 Å². The molecule has 182 valence electrons. The fourth-order valence-electron chi connectivity index (χ4n) is 3.39. The smallest absolute Gasteiger partial charge is 0.408 e. The van der Waals surface area contributed by atoms with Crippen molar-refractivity contribution in [1.82, 2.24) is 34.3 Å². The summed E-state index contributed by atoms with van der Waals surface area (Å²) in [5.74, 6) is 0.318. The van der Waals surface area contributed by atoms with Gasteiger partial charge in [-0.25, -0.2) is 23.9 Å². The Hall–Kier alpha value is -4.13. The Bertz CT molecular complexity index is 1400. The Kier molecular flexibility index (Phi) is 6.87. The number of anilines is 1. The van der Waals surface area contributed by atoms with Crippen LogP contribution in [-0.2, 0) is 20.1 Å². The topological polar surface area (TPSA) is 127 Å². The molecule has 0 bridgehead atoms. The lowest BCUT2D eigenvalue weighted by Gasteiger charge is -2.16. The van der Waals surface area contributed by atoms with Crippen molar-refractivity contribution in [3.05, 3.63) is 58.9 Å². The van der Waals surface area contributed by atoms with Crippen molar-refractivity contribution in [2.24, 2.45) is 7.05 Å². The molecule has 0 aliphatic carbocycles. The summed E-state index contributed by atoms with van der Waals surface area (Å²) in [7, 11) is 3.32. The average Bonchev–Trinajstić information content (AvgIpc) is 3.35. The number of amides is 3. The first-order chi connectivity index (χ1) is 16.7. The van der Waals surface area contributed by atoms with Crippen LogP contribution in [0, 0.1) is 19.7 Å². The van der Waals surface area contributed by atoms with Gasteiger partial charge in [0.05, 0.1) is 12.2 Å². The molecule has 3 amide bonds. The number of carbonyl (C=O) groups excluding carboxylic acids is 2. The first-order valence-electron chi connectivity index (χ1n) is 10.6. The largest absolute Gasteiger partial charge is 0.415 e. The van der Waals surface area contributed by atoms with Crippen molar-refractivity contribution in [2.75, 3.05) is 12.4 Å². The van der Waals surface area contributed by atoms with Crippen LogP contribution in [-0.4, -0.2) is 48.2 Å². The number of carbonyl (C=O) groups is 2. The van der Waals surface area contributed by atoms with Gasteiger partial charge in [-0.15, -0.1) is 0 Å². The van der Waals surface area contributed by atoms with Crippen molar-refractivity contribution in [3.63, 3.8) is 0 Å². The van der Waals surface area contributed by atoms with Crippen LogP contribution in [0.4, 0.5) is 19.1 Å². The molecule has 0 atom stereocenters. The van der Waals surface area contributed by atoms with Crippen molar-refractivity contribution < 1.29 is 18.7 Å². The van der Waals surface area contributed by atoms with Crippen LogP contribution in [0.1, 0.15) is 22.8 Å². The average molecular weight is 499 g/mol. The Balaban J connectivity index is 1.34. The number of urea groups is 1. The molecular formula is C22H23FN8O3S. The van der Waals surface area contributed by atoms with Crippen LogP contribution < -0.4 is 15.4 Å². The van der Waals surface area contributed by atoms with Crippen molar-refractivity contribution in [2.45, 2.75) is 26.9 Å². The van der Waals surface area contributed by atoms with Crippen LogP contribution >= 0.6 is 11.5 Å². The lowest BCUT2D eigenvalue weighted by atomic mass is 10.2. The van der Waals surface area contributed by atoms with E-state index >= 15 is 0 Å². The normalized spacial score (nSPS) is 10.9. The molecule has 1 aromatic carbocycles. The van der Waals surface area contributed by atoms with Crippen LogP contribution in [0.15, 0.2) is 30.3 Å². The van der Waals surface area contributed by atoms with Crippen LogP contribution in [0.2, 0.25) is 0 Å². The number of benzene rings is 1. The van der Waals surface area contributed by atoms with E-state index in [1.165, 1.54) is 17.0 Å². The van der Waals surface area contributed by atoms with Gasteiger partial charge in [-0.2, -0.15) is 9.47 Å². The Labute approximate surface area is 204 Å². The molecule has 0 aliphatic rings. The summed E-state index contributed by atoms with van der Waals surface area (Å²) >= 11 is 0.977. The monoisotopic (exact) mass is 498 g/mol. The highest BCUT2D eigenvalue weighted by molar-refractivity contribution is 7.09. The molecule has 0 aliphatic heterocycles. The van der Waals surface area contributed by atoms with E-state index in [0.717, 1.165) is 17.2 Å². The minimum Gasteiger partial charge on any atom is -0.408 e. The molecule has 13 heteroatoms. The van der Waals surface area contributed by atoms with Gasteiger partial charge in [-0.3, -0.25) is 10.00 Å². The number of nitrogens with zero attached hydrogens (tertiary/aromatic N) is 6. The molecule has 0 saturated carbocycles. The minimum absolute atomic E-state index is 0.0690. The summed E-state index contributed by atoms with van der Waals surface area (Å²) in [4.78, 5) is 34.8. The number of aryl methyl sites for hydroxylation is 3. The van der Waals surface area contributed by atoms with Gasteiger partial charge in [0, 0.05) is 43.9 Å². The third kappa shape index (κ3) is 5.69. The molecule has 35 heavy (non-hydrogen) atoms. The second-order valence-corrected chi connectivity index (χ2v) is 8.60. The first kappa shape index (κ1) is 24.0. The van der Waals surface area contributed by atoms with Gasteiger partial charge in [0.15, 0.2) is 11.6 Å². The molecule has 3 heterocycles. The van der Waals surface area contributed by atoms with E-state index in [2.05, 4.69) is 30.1 Å². The standard InChI is InChI=1S/C22H23FN8O3S/c1-12-8-16(19-18(25-12)13(2)28-31(19)4)34-22(33)30(3)11-17-26-21(35-29-17)27-20(32)24-10-14-6-5-7-15(23)9-14/h5-9H,10-11H2,1-4H3,(H2,24,26,27,29,32). The maximum atomic E-state index is 13.2. The van der Waals surface area contributed by atoms with Crippen LogP contribution in [0.25, 0.3) is 11.0 Å². The summed E-state index contributed by atoms with van der Waals surface area (Å²) in [6.45, 7) is 3.88. The Morgan fingerprint density at radius 3 is 2.80 bits per heavy atom. The second kappa shape index (κ2) is 10.0. The number of pyridine rings is 1. The summed E-state index contributed by atoms with van der Waals surface area (Å²) in [6, 6.07) is 7.12. The van der Waals surface area contributed by atoms with Crippen molar-refractivity contribution in [3.8, 4) is 5.75 Å². The zero-order valence-corrected chi connectivity index (χ0v) is 20.3. The van der Waals surface area contributed by atoms with E-state index in [1.54, 1.807) is 37.0 Å². The van der Waals surface area contributed by atoms with Crippen LogP contribution in [0.3, 0.4) is 0 Å². The summed E-state index contributed by atoms with van der Waals surface area (Å²) < 4.78 is 24.7. The SMILES string of the molecule is Cc1cc(OC(=O)N(C)Cc2nsc(NC(=O)NCc3cccc(F)c3)n2)c2c(n1)c(C)nn2C. The molecule has 0 saturated heterocycles. The third-order valence-corrected chi connectivity index (χ3v) is 5.64. The van der Waals surface area contributed by atoms with Gasteiger partial charge in [-0.1, -0.05) is 12.1 Å². The number of halogens is 1.